The summed E-state index contributed by atoms with van der Waals surface area (Å²) >= 11 is 0. The van der Waals surface area contributed by atoms with Crippen LogP contribution in [0.15, 0.2) is 36.4 Å². The number of rotatable bonds is 3. The molecule has 102 valence electrons. The summed E-state index contributed by atoms with van der Waals surface area (Å²) in [5.74, 6) is 1.26. The lowest BCUT2D eigenvalue weighted by atomic mass is 9.79. The molecule has 3 nitrogen and oxygen atoms in total. The van der Waals surface area contributed by atoms with Gasteiger partial charge in [-0.05, 0) is 29.9 Å². The zero-order valence-electron chi connectivity index (χ0n) is 12.2. The van der Waals surface area contributed by atoms with Crippen LogP contribution < -0.4 is 5.73 Å². The van der Waals surface area contributed by atoms with Gasteiger partial charge in [0.1, 0.15) is 5.82 Å². The average molecular weight is 257 g/mol. The van der Waals surface area contributed by atoms with Gasteiger partial charge in [-0.2, -0.15) is 5.10 Å². The number of hydrogen-bond acceptors (Lipinski definition) is 2. The molecule has 1 aromatic heterocycles. The maximum Gasteiger partial charge on any atom is 0.127 e. The van der Waals surface area contributed by atoms with Crippen LogP contribution in [-0.4, -0.2) is 9.78 Å². The number of aromatic nitrogens is 2. The predicted molar refractivity (Wildman–Crippen MR) is 80.3 cm³/mol. The van der Waals surface area contributed by atoms with Crippen LogP contribution in [0.5, 0.6) is 0 Å². The summed E-state index contributed by atoms with van der Waals surface area (Å²) in [6.45, 7) is 9.04. The van der Waals surface area contributed by atoms with Gasteiger partial charge in [0, 0.05) is 6.07 Å². The van der Waals surface area contributed by atoms with Crippen molar-refractivity contribution < 1.29 is 0 Å². The minimum absolute atomic E-state index is 0.283. The molecule has 2 N–H and O–H groups in total. The third kappa shape index (κ3) is 3.16. The highest BCUT2D eigenvalue weighted by atomic mass is 15.3. The molecule has 0 spiro atoms. The standard InChI is InChI=1S/C16H23N3/c1-12(16(2,3)4)10-13-11-15(17)19(18-13)14-8-6-5-7-9-14/h5-9,11-12H,10,17H2,1-4H3. The molecule has 0 aliphatic heterocycles. The Kier molecular flexibility index (Phi) is 3.65. The van der Waals surface area contributed by atoms with Crippen molar-refractivity contribution in [3.05, 3.63) is 42.1 Å². The molecular formula is C16H23N3. The van der Waals surface area contributed by atoms with Gasteiger partial charge in [0.05, 0.1) is 11.4 Å². The van der Waals surface area contributed by atoms with E-state index in [4.69, 9.17) is 5.73 Å². The molecule has 2 rings (SSSR count). The molecule has 0 saturated heterocycles. The molecule has 19 heavy (non-hydrogen) atoms. The van der Waals surface area contributed by atoms with Crippen molar-refractivity contribution in [2.75, 3.05) is 5.73 Å². The topological polar surface area (TPSA) is 43.8 Å². The molecule has 1 heterocycles. The van der Waals surface area contributed by atoms with Crippen LogP contribution in [0.25, 0.3) is 5.69 Å². The Balaban J connectivity index is 2.23. The Labute approximate surface area is 115 Å². The molecule has 0 saturated carbocycles. The largest absolute Gasteiger partial charge is 0.384 e. The first kappa shape index (κ1) is 13.7. The molecular weight excluding hydrogens is 234 g/mol. The molecule has 2 aromatic rings. The van der Waals surface area contributed by atoms with E-state index < -0.39 is 0 Å². The van der Waals surface area contributed by atoms with Crippen LogP contribution >= 0.6 is 0 Å². The van der Waals surface area contributed by atoms with Crippen LogP contribution in [0.4, 0.5) is 5.82 Å². The first-order valence-electron chi connectivity index (χ1n) is 6.78. The molecule has 1 unspecified atom stereocenters. The highest BCUT2D eigenvalue weighted by molar-refractivity contribution is 5.42. The maximum atomic E-state index is 6.06. The second kappa shape index (κ2) is 5.08. The highest BCUT2D eigenvalue weighted by Crippen LogP contribution is 2.28. The summed E-state index contributed by atoms with van der Waals surface area (Å²) in [4.78, 5) is 0. The van der Waals surface area contributed by atoms with Crippen molar-refractivity contribution in [2.24, 2.45) is 11.3 Å². The van der Waals surface area contributed by atoms with E-state index in [0.29, 0.717) is 11.7 Å². The van der Waals surface area contributed by atoms with Gasteiger partial charge in [0.15, 0.2) is 0 Å². The van der Waals surface area contributed by atoms with E-state index >= 15 is 0 Å². The van der Waals surface area contributed by atoms with Crippen LogP contribution in [0, 0.1) is 11.3 Å². The van der Waals surface area contributed by atoms with Gasteiger partial charge in [-0.25, -0.2) is 4.68 Å². The van der Waals surface area contributed by atoms with Crippen molar-refractivity contribution in [3.63, 3.8) is 0 Å². The Morgan fingerprint density at radius 3 is 2.42 bits per heavy atom. The molecule has 0 amide bonds. The number of nitrogens with zero attached hydrogens (tertiary/aromatic N) is 2. The van der Waals surface area contributed by atoms with E-state index in [1.807, 2.05) is 41.1 Å². The molecule has 1 aromatic carbocycles. The first-order chi connectivity index (χ1) is 8.88. The van der Waals surface area contributed by atoms with Crippen molar-refractivity contribution in [1.29, 1.82) is 0 Å². The van der Waals surface area contributed by atoms with Crippen molar-refractivity contribution in [2.45, 2.75) is 34.1 Å². The summed E-state index contributed by atoms with van der Waals surface area (Å²) in [6, 6.07) is 12.0. The minimum Gasteiger partial charge on any atom is -0.384 e. The molecule has 3 heteroatoms. The first-order valence-corrected chi connectivity index (χ1v) is 6.78. The fraction of sp³-hybridized carbons (Fsp3) is 0.438. The number of benzene rings is 1. The molecule has 0 bridgehead atoms. The van der Waals surface area contributed by atoms with Gasteiger partial charge in [0.25, 0.3) is 0 Å². The number of anilines is 1. The second-order valence-corrected chi connectivity index (χ2v) is 6.28. The van der Waals surface area contributed by atoms with E-state index in [1.54, 1.807) is 0 Å². The smallest absolute Gasteiger partial charge is 0.127 e. The van der Waals surface area contributed by atoms with E-state index in [-0.39, 0.29) is 5.41 Å². The van der Waals surface area contributed by atoms with Gasteiger partial charge in [-0.15, -0.1) is 0 Å². The molecule has 0 radical (unpaired) electrons. The van der Waals surface area contributed by atoms with Gasteiger partial charge in [-0.1, -0.05) is 45.9 Å². The second-order valence-electron chi connectivity index (χ2n) is 6.28. The number of nitrogen functional groups attached to an aromatic ring is 1. The summed E-state index contributed by atoms with van der Waals surface area (Å²) in [5.41, 5.74) is 8.41. The lowest BCUT2D eigenvalue weighted by Crippen LogP contribution is -2.19. The van der Waals surface area contributed by atoms with Crippen LogP contribution in [0.3, 0.4) is 0 Å². The Morgan fingerprint density at radius 1 is 1.21 bits per heavy atom. The SMILES string of the molecule is CC(Cc1cc(N)n(-c2ccccc2)n1)C(C)(C)C. The lowest BCUT2D eigenvalue weighted by molar-refractivity contribution is 0.258. The Hall–Kier alpha value is -1.77. The van der Waals surface area contributed by atoms with Crippen molar-refractivity contribution >= 4 is 5.82 Å². The summed E-state index contributed by atoms with van der Waals surface area (Å²) in [7, 11) is 0. The predicted octanol–water partition coefficient (Wildman–Crippen LogP) is 3.68. The van der Waals surface area contributed by atoms with Gasteiger partial charge in [0.2, 0.25) is 0 Å². The minimum atomic E-state index is 0.283. The lowest BCUT2D eigenvalue weighted by Gasteiger charge is -2.26. The number of para-hydroxylation sites is 1. The fourth-order valence-electron chi connectivity index (χ4n) is 1.94. The third-order valence-corrected chi connectivity index (χ3v) is 3.78. The summed E-state index contributed by atoms with van der Waals surface area (Å²) < 4.78 is 1.81. The fourth-order valence-corrected chi connectivity index (χ4v) is 1.94. The van der Waals surface area contributed by atoms with E-state index in [9.17, 15) is 0 Å². The van der Waals surface area contributed by atoms with Crippen molar-refractivity contribution in [3.8, 4) is 5.69 Å². The Morgan fingerprint density at radius 2 is 1.84 bits per heavy atom. The highest BCUT2D eigenvalue weighted by Gasteiger charge is 2.21. The molecule has 0 fully saturated rings. The summed E-state index contributed by atoms with van der Waals surface area (Å²) in [5, 5.41) is 4.63. The van der Waals surface area contributed by atoms with E-state index in [2.05, 4.69) is 32.8 Å². The van der Waals surface area contributed by atoms with E-state index in [1.165, 1.54) is 0 Å². The Bertz CT molecular complexity index is 535. The van der Waals surface area contributed by atoms with Crippen molar-refractivity contribution in [1.82, 2.24) is 9.78 Å². The van der Waals surface area contributed by atoms with E-state index in [0.717, 1.165) is 17.8 Å². The zero-order chi connectivity index (χ0) is 14.0. The third-order valence-electron chi connectivity index (χ3n) is 3.78. The maximum absolute atomic E-state index is 6.06. The molecule has 0 aliphatic carbocycles. The van der Waals surface area contributed by atoms with Crippen LogP contribution in [-0.2, 0) is 6.42 Å². The monoisotopic (exact) mass is 257 g/mol. The van der Waals surface area contributed by atoms with Gasteiger partial charge < -0.3 is 5.73 Å². The van der Waals surface area contributed by atoms with Crippen LogP contribution in [0.2, 0.25) is 0 Å². The molecule has 0 aliphatic rings. The quantitative estimate of drug-likeness (QED) is 0.911. The van der Waals surface area contributed by atoms with Crippen LogP contribution in [0.1, 0.15) is 33.4 Å². The number of nitrogens with two attached hydrogens (primary N) is 1. The summed E-state index contributed by atoms with van der Waals surface area (Å²) in [6.07, 6.45) is 0.952. The normalized spacial score (nSPS) is 13.5. The molecule has 1 atom stereocenters. The number of hydrogen-bond donors (Lipinski definition) is 1. The zero-order valence-corrected chi connectivity index (χ0v) is 12.2. The van der Waals surface area contributed by atoms with Gasteiger partial charge >= 0.3 is 0 Å². The average Bonchev–Trinajstić information content (AvgIpc) is 2.70. The van der Waals surface area contributed by atoms with Gasteiger partial charge in [-0.3, -0.25) is 0 Å².